The van der Waals surface area contributed by atoms with Gasteiger partial charge in [0.25, 0.3) is 0 Å². The van der Waals surface area contributed by atoms with Gasteiger partial charge < -0.3 is 10.0 Å². The maximum absolute atomic E-state index is 15.1. The van der Waals surface area contributed by atoms with E-state index in [9.17, 15) is 23.1 Å². The quantitative estimate of drug-likeness (QED) is 0.236. The highest BCUT2D eigenvalue weighted by molar-refractivity contribution is 7.92. The number of carbonyl (C=O) groups is 2. The van der Waals surface area contributed by atoms with Gasteiger partial charge in [-0.1, -0.05) is 48.3 Å². The molecule has 12 heteroatoms. The summed E-state index contributed by atoms with van der Waals surface area (Å²) in [5.74, 6) is -2.48. The van der Waals surface area contributed by atoms with E-state index in [0.29, 0.717) is 26.9 Å². The Hall–Kier alpha value is -2.53. The van der Waals surface area contributed by atoms with Crippen LogP contribution in [0.15, 0.2) is 48.7 Å². The Bertz CT molecular complexity index is 1720. The Labute approximate surface area is 277 Å². The smallest absolute Gasteiger partial charge is 0.308 e. The highest BCUT2D eigenvalue weighted by Crippen LogP contribution is 2.54. The molecule has 242 valence electrons. The van der Waals surface area contributed by atoms with Crippen LogP contribution in [0.3, 0.4) is 0 Å². The lowest BCUT2D eigenvalue weighted by Gasteiger charge is -2.52. The zero-order chi connectivity index (χ0) is 32.9. The van der Waals surface area contributed by atoms with Crippen LogP contribution in [0.25, 0.3) is 0 Å². The van der Waals surface area contributed by atoms with Crippen molar-refractivity contribution in [3.05, 3.63) is 85.5 Å². The number of likely N-dealkylation sites (tertiary alicyclic amines) is 1. The molecule has 1 saturated carbocycles. The summed E-state index contributed by atoms with van der Waals surface area (Å²) < 4.78 is 41.5. The number of hydrogen-bond donors (Lipinski definition) is 1. The second kappa shape index (κ2) is 12.6. The van der Waals surface area contributed by atoms with Gasteiger partial charge in [-0.15, -0.1) is 11.3 Å². The SMILES string of the molecule is CC(C)(C)S(=O)(=O)CC(C1CC1)N1C(=O)[C@@](C)(Cc2ncc(CC(=O)O)s2)C[C@H](c2cccc(Cl)c2)[C@H]1c1ccc(Cl)c(F)c1. The van der Waals surface area contributed by atoms with E-state index < -0.39 is 43.9 Å². The fourth-order valence-electron chi connectivity index (χ4n) is 6.34. The summed E-state index contributed by atoms with van der Waals surface area (Å²) in [6.07, 6.45) is 3.49. The normalized spacial score (nSPS) is 23.3. The molecule has 2 aliphatic rings. The van der Waals surface area contributed by atoms with Gasteiger partial charge in [0.15, 0.2) is 9.84 Å². The second-order valence-corrected chi connectivity index (χ2v) is 18.4. The van der Waals surface area contributed by atoms with E-state index >= 15 is 4.39 Å². The number of carboxylic acids is 1. The number of hydrogen-bond acceptors (Lipinski definition) is 6. The third kappa shape index (κ3) is 7.24. The lowest BCUT2D eigenvalue weighted by atomic mass is 9.67. The fraction of sp³-hybridized carbons (Fsp3) is 0.485. The van der Waals surface area contributed by atoms with E-state index in [0.717, 1.165) is 18.4 Å². The van der Waals surface area contributed by atoms with Crippen molar-refractivity contribution in [1.82, 2.24) is 9.88 Å². The monoisotopic (exact) mass is 694 g/mol. The Morgan fingerprint density at radius 2 is 1.89 bits per heavy atom. The molecule has 2 aromatic carbocycles. The van der Waals surface area contributed by atoms with Gasteiger partial charge in [-0.2, -0.15) is 0 Å². The summed E-state index contributed by atoms with van der Waals surface area (Å²) in [4.78, 5) is 33.1. The van der Waals surface area contributed by atoms with Crippen LogP contribution >= 0.6 is 34.5 Å². The average Bonchev–Trinajstić information content (AvgIpc) is 3.70. The van der Waals surface area contributed by atoms with Crippen molar-refractivity contribution in [2.75, 3.05) is 5.75 Å². The predicted molar refractivity (Wildman–Crippen MR) is 175 cm³/mol. The van der Waals surface area contributed by atoms with Crippen molar-refractivity contribution in [1.29, 1.82) is 0 Å². The second-order valence-electron chi connectivity index (χ2n) is 13.5. The van der Waals surface area contributed by atoms with Crippen molar-refractivity contribution in [3.63, 3.8) is 0 Å². The molecule has 3 aromatic rings. The zero-order valence-corrected chi connectivity index (χ0v) is 28.7. The summed E-state index contributed by atoms with van der Waals surface area (Å²) in [6, 6.07) is 10.5. The molecule has 0 bridgehead atoms. The number of nitrogens with zero attached hydrogens (tertiary/aromatic N) is 2. The number of sulfone groups is 1. The van der Waals surface area contributed by atoms with Crippen LogP contribution in [0.2, 0.25) is 10.0 Å². The molecule has 1 saturated heterocycles. The van der Waals surface area contributed by atoms with E-state index in [1.807, 2.05) is 25.1 Å². The average molecular weight is 696 g/mol. The van der Waals surface area contributed by atoms with Gasteiger partial charge in [0.05, 0.1) is 38.4 Å². The van der Waals surface area contributed by atoms with Crippen molar-refractivity contribution in [3.8, 4) is 0 Å². The van der Waals surface area contributed by atoms with Crippen LogP contribution in [0.4, 0.5) is 4.39 Å². The summed E-state index contributed by atoms with van der Waals surface area (Å²) in [7, 11) is -3.66. The number of carboxylic acid groups (broad SMARTS) is 1. The predicted octanol–water partition coefficient (Wildman–Crippen LogP) is 7.51. The van der Waals surface area contributed by atoms with Crippen LogP contribution in [-0.4, -0.2) is 51.8 Å². The van der Waals surface area contributed by atoms with E-state index in [2.05, 4.69) is 4.98 Å². The minimum atomic E-state index is -3.66. The molecule has 0 spiro atoms. The molecule has 0 radical (unpaired) electrons. The molecule has 2 heterocycles. The van der Waals surface area contributed by atoms with Gasteiger partial charge >= 0.3 is 5.97 Å². The molecule has 7 nitrogen and oxygen atoms in total. The van der Waals surface area contributed by atoms with Gasteiger partial charge in [0, 0.05) is 34.5 Å². The van der Waals surface area contributed by atoms with E-state index in [-0.39, 0.29) is 41.4 Å². The van der Waals surface area contributed by atoms with Gasteiger partial charge in [-0.05, 0) is 81.3 Å². The molecule has 45 heavy (non-hydrogen) atoms. The first-order chi connectivity index (χ1) is 21.0. The molecule has 1 unspecified atom stereocenters. The maximum atomic E-state index is 15.1. The first-order valence-electron chi connectivity index (χ1n) is 14.9. The Morgan fingerprint density at radius 1 is 1.18 bits per heavy atom. The molecular formula is C33H37Cl2FN2O5S2. The topological polar surface area (TPSA) is 105 Å². The first-order valence-corrected chi connectivity index (χ1v) is 18.1. The summed E-state index contributed by atoms with van der Waals surface area (Å²) >= 11 is 13.8. The number of rotatable bonds is 10. The Morgan fingerprint density at radius 3 is 2.49 bits per heavy atom. The fourth-order valence-corrected chi connectivity index (χ4v) is 9.14. The van der Waals surface area contributed by atoms with Crippen LogP contribution in [-0.2, 0) is 32.3 Å². The largest absolute Gasteiger partial charge is 0.481 e. The lowest BCUT2D eigenvalue weighted by molar-refractivity contribution is -0.154. The van der Waals surface area contributed by atoms with Crippen LogP contribution in [0, 0.1) is 17.2 Å². The number of aromatic nitrogens is 1. The molecule has 4 atom stereocenters. The van der Waals surface area contributed by atoms with E-state index in [1.165, 1.54) is 29.7 Å². The Balaban J connectivity index is 1.69. The third-order valence-electron chi connectivity index (χ3n) is 8.98. The minimum Gasteiger partial charge on any atom is -0.481 e. The van der Waals surface area contributed by atoms with Gasteiger partial charge in [0.2, 0.25) is 5.91 Å². The summed E-state index contributed by atoms with van der Waals surface area (Å²) in [5, 5.41) is 10.3. The number of amides is 1. The number of halogens is 3. The highest BCUT2D eigenvalue weighted by Gasteiger charge is 2.55. The number of benzene rings is 2. The third-order valence-corrected chi connectivity index (χ3v) is 13.2. The Kier molecular flexibility index (Phi) is 9.46. The number of thiazole rings is 1. The number of aliphatic carboxylic acids is 1. The molecule has 1 aliphatic carbocycles. The molecule has 1 aromatic heterocycles. The molecule has 1 N–H and O–H groups in total. The van der Waals surface area contributed by atoms with Crippen molar-refractivity contribution in [2.45, 2.75) is 82.5 Å². The first kappa shape index (κ1) is 33.8. The standard InChI is InChI=1S/C33H37Cl2FN2O5S2/c1-32(2,3)45(42,43)18-27(19-8-9-19)38-30(21-10-11-25(35)26(36)13-21)24(20-6-5-7-22(34)12-20)15-33(4,31(38)41)16-28-37-17-23(44-28)14-29(39)40/h5-7,10-13,17,19,24,27,30H,8-9,14-16,18H2,1-4H3,(H,39,40)/t24-,27?,30-,33-/m1/s1. The summed E-state index contributed by atoms with van der Waals surface area (Å²) in [6.45, 7) is 6.84. The molecule has 2 fully saturated rings. The molecule has 5 rings (SSSR count). The minimum absolute atomic E-state index is 0.0323. The van der Waals surface area contributed by atoms with Crippen molar-refractivity contribution in [2.24, 2.45) is 11.3 Å². The zero-order valence-electron chi connectivity index (χ0n) is 25.6. The number of carbonyl (C=O) groups excluding carboxylic acids is 1. The van der Waals surface area contributed by atoms with E-state index in [1.54, 1.807) is 37.8 Å². The molecule has 1 amide bonds. The van der Waals surface area contributed by atoms with Crippen LogP contribution < -0.4 is 0 Å². The van der Waals surface area contributed by atoms with E-state index in [4.69, 9.17) is 23.2 Å². The van der Waals surface area contributed by atoms with Crippen LogP contribution in [0.1, 0.15) is 79.9 Å². The number of piperidine rings is 1. The molecular weight excluding hydrogens is 658 g/mol. The van der Waals surface area contributed by atoms with Gasteiger partial charge in [-0.25, -0.2) is 17.8 Å². The molecule has 1 aliphatic heterocycles. The summed E-state index contributed by atoms with van der Waals surface area (Å²) in [5.41, 5.74) is 0.324. The van der Waals surface area contributed by atoms with Gasteiger partial charge in [-0.3, -0.25) is 9.59 Å². The maximum Gasteiger partial charge on any atom is 0.308 e. The van der Waals surface area contributed by atoms with Crippen molar-refractivity contribution < 1.29 is 27.5 Å². The van der Waals surface area contributed by atoms with Crippen LogP contribution in [0.5, 0.6) is 0 Å². The van der Waals surface area contributed by atoms with Gasteiger partial charge in [0.1, 0.15) is 5.82 Å². The highest BCUT2D eigenvalue weighted by atomic mass is 35.5. The lowest BCUT2D eigenvalue weighted by Crippen LogP contribution is -2.59. The van der Waals surface area contributed by atoms with Crippen molar-refractivity contribution >= 4 is 56.3 Å².